The Labute approximate surface area is 94.0 Å². The van der Waals surface area contributed by atoms with Crippen LogP contribution < -0.4 is 10.7 Å². The van der Waals surface area contributed by atoms with Gasteiger partial charge in [0.15, 0.2) is 0 Å². The number of aromatic nitrogens is 1. The number of pyridine rings is 1. The highest BCUT2D eigenvalue weighted by Gasteiger charge is 2.26. The first-order valence-corrected chi connectivity index (χ1v) is 5.20. The molecule has 2 N–H and O–H groups in total. The van der Waals surface area contributed by atoms with E-state index in [0.717, 1.165) is 5.71 Å². The molecule has 84 valence electrons. The maximum Gasteiger partial charge on any atom is 0.253 e. The van der Waals surface area contributed by atoms with E-state index in [-0.39, 0.29) is 11.8 Å². The summed E-state index contributed by atoms with van der Waals surface area (Å²) in [6.45, 7) is 4.05. The van der Waals surface area contributed by atoms with Crippen molar-refractivity contribution in [3.05, 3.63) is 18.3 Å². The molecular formula is C11H14N4O. The fourth-order valence-corrected chi connectivity index (χ4v) is 1.49. The fourth-order valence-electron chi connectivity index (χ4n) is 1.49. The van der Waals surface area contributed by atoms with E-state index in [0.29, 0.717) is 17.9 Å². The van der Waals surface area contributed by atoms with E-state index >= 15 is 0 Å². The molecule has 0 saturated carbocycles. The van der Waals surface area contributed by atoms with E-state index in [1.165, 1.54) is 5.01 Å². The van der Waals surface area contributed by atoms with E-state index in [4.69, 9.17) is 5.73 Å². The second-order valence-corrected chi connectivity index (χ2v) is 4.07. The van der Waals surface area contributed by atoms with Crippen LogP contribution in [0.25, 0.3) is 0 Å². The van der Waals surface area contributed by atoms with Crippen LogP contribution in [-0.2, 0) is 4.79 Å². The number of amides is 1. The summed E-state index contributed by atoms with van der Waals surface area (Å²) in [4.78, 5) is 15.7. The Morgan fingerprint density at radius 2 is 2.19 bits per heavy atom. The number of carbonyl (C=O) groups is 1. The maximum absolute atomic E-state index is 11.7. The number of nitrogen functional groups attached to an aromatic ring is 1. The quantitative estimate of drug-likeness (QED) is 0.815. The molecule has 16 heavy (non-hydrogen) atoms. The lowest BCUT2D eigenvalue weighted by molar-refractivity contribution is -0.116. The Morgan fingerprint density at radius 1 is 1.44 bits per heavy atom. The molecule has 1 aromatic heterocycles. The van der Waals surface area contributed by atoms with Crippen molar-refractivity contribution in [3.8, 4) is 0 Å². The molecule has 1 amide bonds. The van der Waals surface area contributed by atoms with Crippen LogP contribution in [0.5, 0.6) is 0 Å². The van der Waals surface area contributed by atoms with E-state index < -0.39 is 0 Å². The van der Waals surface area contributed by atoms with Gasteiger partial charge in [-0.05, 0) is 18.1 Å². The van der Waals surface area contributed by atoms with Crippen LogP contribution in [-0.4, -0.2) is 16.6 Å². The maximum atomic E-state index is 11.7. The van der Waals surface area contributed by atoms with Crippen LogP contribution >= 0.6 is 0 Å². The van der Waals surface area contributed by atoms with Crippen LogP contribution in [0.3, 0.4) is 0 Å². The van der Waals surface area contributed by atoms with Gasteiger partial charge in [-0.2, -0.15) is 10.1 Å². The number of nitrogens with two attached hydrogens (primary N) is 1. The van der Waals surface area contributed by atoms with E-state index in [1.807, 2.05) is 13.8 Å². The smallest absolute Gasteiger partial charge is 0.253 e. The van der Waals surface area contributed by atoms with E-state index in [1.54, 1.807) is 18.3 Å². The molecule has 2 rings (SSSR count). The minimum Gasteiger partial charge on any atom is -0.384 e. The van der Waals surface area contributed by atoms with Gasteiger partial charge in [0.1, 0.15) is 5.82 Å². The molecule has 0 aliphatic carbocycles. The third-order valence-electron chi connectivity index (χ3n) is 2.48. The average molecular weight is 218 g/mol. The van der Waals surface area contributed by atoms with Crippen molar-refractivity contribution in [1.82, 2.24) is 4.98 Å². The standard InChI is InChI=1S/C11H14N4O/c1-7(2)9-5-11(16)15(14-9)8-3-4-10(12)13-6-8/h3-4,6-7H,5H2,1-2H3,(H2,12,13). The minimum absolute atomic E-state index is 0.0183. The highest BCUT2D eigenvalue weighted by atomic mass is 16.2. The van der Waals surface area contributed by atoms with Gasteiger partial charge in [-0.1, -0.05) is 13.8 Å². The van der Waals surface area contributed by atoms with Gasteiger partial charge in [-0.15, -0.1) is 0 Å². The van der Waals surface area contributed by atoms with Crippen molar-refractivity contribution in [2.45, 2.75) is 20.3 Å². The second-order valence-electron chi connectivity index (χ2n) is 4.07. The largest absolute Gasteiger partial charge is 0.384 e. The Kier molecular flexibility index (Phi) is 2.60. The lowest BCUT2D eigenvalue weighted by Crippen LogP contribution is -2.19. The molecule has 0 radical (unpaired) electrons. The molecule has 2 heterocycles. The lowest BCUT2D eigenvalue weighted by atomic mass is 10.1. The predicted molar refractivity (Wildman–Crippen MR) is 63.0 cm³/mol. The summed E-state index contributed by atoms with van der Waals surface area (Å²) in [6.07, 6.45) is 1.95. The number of hydrazone groups is 1. The molecule has 0 aromatic carbocycles. The number of hydrogen-bond acceptors (Lipinski definition) is 4. The molecule has 0 bridgehead atoms. The molecule has 0 spiro atoms. The van der Waals surface area contributed by atoms with Gasteiger partial charge < -0.3 is 5.73 Å². The highest BCUT2D eigenvalue weighted by Crippen LogP contribution is 2.22. The Morgan fingerprint density at radius 3 is 2.69 bits per heavy atom. The second kappa shape index (κ2) is 3.92. The van der Waals surface area contributed by atoms with Gasteiger partial charge in [0.25, 0.3) is 5.91 Å². The molecule has 0 saturated heterocycles. The van der Waals surface area contributed by atoms with Crippen molar-refractivity contribution >= 4 is 23.1 Å². The first-order chi connectivity index (χ1) is 7.58. The van der Waals surface area contributed by atoms with Gasteiger partial charge in [0.05, 0.1) is 24.0 Å². The Balaban J connectivity index is 2.28. The number of anilines is 2. The number of carbonyl (C=O) groups excluding carboxylic acids is 1. The van der Waals surface area contributed by atoms with E-state index in [9.17, 15) is 4.79 Å². The number of nitrogens with zero attached hydrogens (tertiary/aromatic N) is 3. The SMILES string of the molecule is CC(C)C1=NN(c2ccc(N)nc2)C(=O)C1. The topological polar surface area (TPSA) is 71.6 Å². The molecule has 5 heteroatoms. The summed E-state index contributed by atoms with van der Waals surface area (Å²) >= 11 is 0. The van der Waals surface area contributed by atoms with Crippen LogP contribution in [0.15, 0.2) is 23.4 Å². The van der Waals surface area contributed by atoms with Crippen molar-refractivity contribution in [2.75, 3.05) is 10.7 Å². The first kappa shape index (κ1) is 10.6. The lowest BCUT2D eigenvalue weighted by Gasteiger charge is -2.10. The third kappa shape index (κ3) is 1.88. The van der Waals surface area contributed by atoms with Crippen LogP contribution in [0.4, 0.5) is 11.5 Å². The van der Waals surface area contributed by atoms with Gasteiger partial charge in [0.2, 0.25) is 0 Å². The summed E-state index contributed by atoms with van der Waals surface area (Å²) in [6, 6.07) is 3.40. The summed E-state index contributed by atoms with van der Waals surface area (Å²) in [5.41, 5.74) is 7.05. The molecule has 1 aliphatic heterocycles. The van der Waals surface area contributed by atoms with Gasteiger partial charge in [-0.25, -0.2) is 4.98 Å². The Bertz CT molecular complexity index is 436. The third-order valence-corrected chi connectivity index (χ3v) is 2.48. The summed E-state index contributed by atoms with van der Waals surface area (Å²) in [7, 11) is 0. The zero-order valence-electron chi connectivity index (χ0n) is 9.34. The molecular weight excluding hydrogens is 204 g/mol. The van der Waals surface area contributed by atoms with Crippen LogP contribution in [0.1, 0.15) is 20.3 Å². The Hall–Kier alpha value is -1.91. The highest BCUT2D eigenvalue weighted by molar-refractivity contribution is 6.13. The van der Waals surface area contributed by atoms with Gasteiger partial charge in [-0.3, -0.25) is 4.79 Å². The van der Waals surface area contributed by atoms with E-state index in [2.05, 4.69) is 10.1 Å². The monoisotopic (exact) mass is 218 g/mol. The van der Waals surface area contributed by atoms with Crippen LogP contribution in [0.2, 0.25) is 0 Å². The molecule has 1 aliphatic rings. The van der Waals surface area contributed by atoms with Crippen molar-refractivity contribution in [1.29, 1.82) is 0 Å². The van der Waals surface area contributed by atoms with Crippen molar-refractivity contribution < 1.29 is 4.79 Å². The summed E-state index contributed by atoms with van der Waals surface area (Å²) in [5, 5.41) is 5.68. The zero-order valence-corrected chi connectivity index (χ0v) is 9.34. The minimum atomic E-state index is -0.0183. The summed E-state index contributed by atoms with van der Waals surface area (Å²) in [5.74, 6) is 0.703. The number of rotatable bonds is 2. The average Bonchev–Trinajstić information content (AvgIpc) is 2.62. The first-order valence-electron chi connectivity index (χ1n) is 5.20. The molecule has 1 aromatic rings. The molecule has 0 unspecified atom stereocenters. The normalized spacial score (nSPS) is 15.8. The molecule has 0 atom stereocenters. The van der Waals surface area contributed by atoms with Gasteiger partial charge >= 0.3 is 0 Å². The van der Waals surface area contributed by atoms with Gasteiger partial charge in [0, 0.05) is 0 Å². The zero-order chi connectivity index (χ0) is 11.7. The fraction of sp³-hybridized carbons (Fsp3) is 0.364. The predicted octanol–water partition coefficient (Wildman–Crippen LogP) is 1.41. The van der Waals surface area contributed by atoms with Crippen LogP contribution in [0, 0.1) is 5.92 Å². The summed E-state index contributed by atoms with van der Waals surface area (Å²) < 4.78 is 0. The van der Waals surface area contributed by atoms with Crippen molar-refractivity contribution in [2.24, 2.45) is 11.0 Å². The molecule has 5 nitrogen and oxygen atoms in total. The van der Waals surface area contributed by atoms with Crippen molar-refractivity contribution in [3.63, 3.8) is 0 Å². The number of hydrogen-bond donors (Lipinski definition) is 1. The molecule has 0 fully saturated rings.